The number of H-pyrrole nitrogens is 1. The molecule has 2 aliphatic rings. The highest BCUT2D eigenvalue weighted by Crippen LogP contribution is 2.38. The number of nitrogen functional groups attached to an aromatic ring is 1. The molecular weight excluding hydrogens is 552 g/mol. The molecule has 4 atom stereocenters. The average Bonchev–Trinajstić information content (AvgIpc) is 3.63. The van der Waals surface area contributed by atoms with Gasteiger partial charge in [0.2, 0.25) is 0 Å². The molecule has 6 N–H and O–H groups in total. The number of rotatable bonds is 10. The minimum Gasteiger partial charge on any atom is -0.481 e. The molecule has 13 heteroatoms. The standard InChI is InChI=1S/C30H40N8O5/c1-15(2)37(12-21-24(39)25(40)28(43-21)38-14-34-23-26(31)32-13-33-27(23)38)18-9-16(10-18)5-8-22-35-19-7-6-17(11-20(19)36-22)30(3,4)29(41)42/h6-7,11,13-16,18,21,24-25,28,39-40H,5,8-10,12H2,1-4H3,(H,35,36)(H,41,42)(H2,31,32,33). The Morgan fingerprint density at radius 1 is 1.21 bits per heavy atom. The smallest absolute Gasteiger partial charge is 0.313 e. The van der Waals surface area contributed by atoms with E-state index in [-0.39, 0.29) is 11.9 Å². The monoisotopic (exact) mass is 592 g/mol. The summed E-state index contributed by atoms with van der Waals surface area (Å²) in [5, 5.41) is 31.4. The Morgan fingerprint density at radius 2 is 1.98 bits per heavy atom. The van der Waals surface area contributed by atoms with E-state index in [1.807, 2.05) is 18.2 Å². The van der Waals surface area contributed by atoms with Gasteiger partial charge in [-0.15, -0.1) is 0 Å². The molecule has 3 aromatic heterocycles. The maximum atomic E-state index is 11.7. The number of carboxylic acids is 1. The number of aliphatic hydroxyl groups is 2. The second kappa shape index (κ2) is 11.1. The lowest BCUT2D eigenvalue weighted by Gasteiger charge is -2.46. The molecule has 0 radical (unpaired) electrons. The van der Waals surface area contributed by atoms with E-state index in [1.54, 1.807) is 18.4 Å². The van der Waals surface area contributed by atoms with E-state index in [2.05, 4.69) is 38.7 Å². The normalized spacial score (nSPS) is 26.1. The number of imidazole rings is 2. The third-order valence-electron chi connectivity index (χ3n) is 9.31. The van der Waals surface area contributed by atoms with Crippen LogP contribution in [0.25, 0.3) is 22.2 Å². The number of nitrogens with two attached hydrogens (primary N) is 1. The number of aliphatic hydroxyl groups excluding tert-OH is 2. The van der Waals surface area contributed by atoms with Gasteiger partial charge < -0.3 is 30.8 Å². The van der Waals surface area contributed by atoms with Gasteiger partial charge in [-0.1, -0.05) is 6.07 Å². The number of hydrogen-bond donors (Lipinski definition) is 5. The molecule has 4 aromatic rings. The fourth-order valence-electron chi connectivity index (χ4n) is 6.39. The molecule has 2 fully saturated rings. The topological polar surface area (TPSA) is 189 Å². The number of aryl methyl sites for hydroxylation is 1. The minimum absolute atomic E-state index is 0.235. The third kappa shape index (κ3) is 5.35. The molecule has 1 aromatic carbocycles. The summed E-state index contributed by atoms with van der Waals surface area (Å²) in [5.74, 6) is 0.838. The van der Waals surface area contributed by atoms with Crippen LogP contribution in [0, 0.1) is 5.92 Å². The van der Waals surface area contributed by atoms with Gasteiger partial charge in [-0.05, 0) is 70.6 Å². The van der Waals surface area contributed by atoms with Crippen LogP contribution in [0.1, 0.15) is 64.6 Å². The highest BCUT2D eigenvalue weighted by Gasteiger charge is 2.46. The van der Waals surface area contributed by atoms with Crippen molar-refractivity contribution in [3.63, 3.8) is 0 Å². The maximum absolute atomic E-state index is 11.7. The highest BCUT2D eigenvalue weighted by molar-refractivity contribution is 5.84. The first kappa shape index (κ1) is 29.4. The lowest BCUT2D eigenvalue weighted by atomic mass is 9.76. The van der Waals surface area contributed by atoms with Crippen molar-refractivity contribution in [2.75, 3.05) is 12.3 Å². The van der Waals surface area contributed by atoms with Gasteiger partial charge in [-0.3, -0.25) is 14.3 Å². The first-order valence-corrected chi connectivity index (χ1v) is 14.9. The molecule has 0 amide bonds. The predicted octanol–water partition coefficient (Wildman–Crippen LogP) is 2.39. The zero-order chi connectivity index (χ0) is 30.6. The summed E-state index contributed by atoms with van der Waals surface area (Å²) >= 11 is 0. The fourth-order valence-corrected chi connectivity index (χ4v) is 6.39. The number of nitrogens with zero attached hydrogens (tertiary/aromatic N) is 6. The molecule has 230 valence electrons. The SMILES string of the molecule is CC(C)N(CC1OC(n2cnc3c(N)ncnc32)C(O)C1O)C1CC(CCc2nc3cc(C(C)(C)C(=O)O)ccc3[nH]2)C1. The van der Waals surface area contributed by atoms with Crippen molar-refractivity contribution >= 4 is 34.0 Å². The Bertz CT molecular complexity index is 1630. The van der Waals surface area contributed by atoms with E-state index in [4.69, 9.17) is 15.5 Å². The first-order valence-electron chi connectivity index (χ1n) is 14.9. The van der Waals surface area contributed by atoms with Crippen molar-refractivity contribution in [1.29, 1.82) is 0 Å². The van der Waals surface area contributed by atoms with E-state index < -0.39 is 35.9 Å². The van der Waals surface area contributed by atoms with E-state index in [0.29, 0.717) is 29.7 Å². The summed E-state index contributed by atoms with van der Waals surface area (Å²) in [7, 11) is 0. The number of carbonyl (C=O) groups is 1. The van der Waals surface area contributed by atoms with Crippen LogP contribution in [-0.4, -0.2) is 92.6 Å². The van der Waals surface area contributed by atoms with Gasteiger partial charge in [0, 0.05) is 25.0 Å². The second-order valence-corrected chi connectivity index (χ2v) is 12.8. The summed E-state index contributed by atoms with van der Waals surface area (Å²) in [6.07, 6.45) is 3.11. The lowest BCUT2D eigenvalue weighted by Crippen LogP contribution is -2.52. The number of anilines is 1. The van der Waals surface area contributed by atoms with Crippen molar-refractivity contribution in [2.24, 2.45) is 5.92 Å². The molecule has 43 heavy (non-hydrogen) atoms. The van der Waals surface area contributed by atoms with E-state index in [1.165, 1.54) is 12.7 Å². The van der Waals surface area contributed by atoms with Crippen LogP contribution in [0.5, 0.6) is 0 Å². The minimum atomic E-state index is -1.14. The largest absolute Gasteiger partial charge is 0.481 e. The predicted molar refractivity (Wildman–Crippen MR) is 159 cm³/mol. The van der Waals surface area contributed by atoms with Gasteiger partial charge in [-0.2, -0.15) is 0 Å². The molecule has 0 spiro atoms. The first-order chi connectivity index (χ1) is 20.4. The van der Waals surface area contributed by atoms with E-state index >= 15 is 0 Å². The number of ether oxygens (including phenoxy) is 1. The summed E-state index contributed by atoms with van der Waals surface area (Å²) in [6, 6.07) is 6.21. The van der Waals surface area contributed by atoms with Crippen molar-refractivity contribution in [3.05, 3.63) is 42.2 Å². The molecule has 1 aliphatic carbocycles. The molecule has 1 saturated heterocycles. The average molecular weight is 593 g/mol. The summed E-state index contributed by atoms with van der Waals surface area (Å²) < 4.78 is 7.82. The second-order valence-electron chi connectivity index (χ2n) is 12.8. The number of nitrogens with one attached hydrogen (secondary N) is 1. The Balaban J connectivity index is 1.05. The van der Waals surface area contributed by atoms with Crippen molar-refractivity contribution in [1.82, 2.24) is 34.4 Å². The van der Waals surface area contributed by atoms with Crippen LogP contribution in [0.2, 0.25) is 0 Å². The van der Waals surface area contributed by atoms with Gasteiger partial charge in [0.1, 0.15) is 36.0 Å². The quantitative estimate of drug-likeness (QED) is 0.182. The van der Waals surface area contributed by atoms with Gasteiger partial charge in [0.25, 0.3) is 0 Å². The molecular formula is C30H40N8O5. The zero-order valence-corrected chi connectivity index (χ0v) is 24.9. The number of aliphatic carboxylic acids is 1. The van der Waals surface area contributed by atoms with Gasteiger partial charge >= 0.3 is 5.97 Å². The Hall–Kier alpha value is -3.65. The molecule has 6 rings (SSSR count). The Morgan fingerprint density at radius 3 is 2.70 bits per heavy atom. The summed E-state index contributed by atoms with van der Waals surface area (Å²) in [6.45, 7) is 8.17. The Kier molecular flexibility index (Phi) is 7.61. The fraction of sp³-hybridized carbons (Fsp3) is 0.567. The molecule has 13 nitrogen and oxygen atoms in total. The number of hydrogen-bond acceptors (Lipinski definition) is 10. The van der Waals surface area contributed by atoms with E-state index in [9.17, 15) is 20.1 Å². The lowest BCUT2D eigenvalue weighted by molar-refractivity contribution is -0.142. The molecule has 0 bridgehead atoms. The number of benzene rings is 1. The molecule has 4 heterocycles. The summed E-state index contributed by atoms with van der Waals surface area (Å²) in [4.78, 5) is 34.6. The van der Waals surface area contributed by atoms with Crippen LogP contribution < -0.4 is 5.73 Å². The molecule has 1 saturated carbocycles. The maximum Gasteiger partial charge on any atom is 0.313 e. The van der Waals surface area contributed by atoms with Crippen LogP contribution in [0.3, 0.4) is 0 Å². The zero-order valence-electron chi connectivity index (χ0n) is 24.9. The number of fused-ring (bicyclic) bond motifs is 2. The van der Waals surface area contributed by atoms with E-state index in [0.717, 1.165) is 48.1 Å². The highest BCUT2D eigenvalue weighted by atomic mass is 16.6. The third-order valence-corrected chi connectivity index (χ3v) is 9.31. The molecule has 4 unspecified atom stereocenters. The number of carboxylic acid groups (broad SMARTS) is 1. The van der Waals surface area contributed by atoms with Crippen molar-refractivity contribution < 1.29 is 24.9 Å². The van der Waals surface area contributed by atoms with Crippen LogP contribution >= 0.6 is 0 Å². The van der Waals surface area contributed by atoms with Crippen LogP contribution in [0.15, 0.2) is 30.9 Å². The molecule has 1 aliphatic heterocycles. The summed E-state index contributed by atoms with van der Waals surface area (Å²) in [5.41, 5.74) is 8.23. The number of aromatic nitrogens is 6. The van der Waals surface area contributed by atoms with Crippen molar-refractivity contribution in [2.45, 2.75) is 95.4 Å². The van der Waals surface area contributed by atoms with Gasteiger partial charge in [-0.25, -0.2) is 19.9 Å². The van der Waals surface area contributed by atoms with Gasteiger partial charge in [0.15, 0.2) is 17.7 Å². The Labute approximate surface area is 249 Å². The van der Waals surface area contributed by atoms with Gasteiger partial charge in [0.05, 0.1) is 22.8 Å². The van der Waals surface area contributed by atoms with Crippen LogP contribution in [-0.2, 0) is 21.4 Å². The van der Waals surface area contributed by atoms with Crippen molar-refractivity contribution in [3.8, 4) is 0 Å². The van der Waals surface area contributed by atoms with Crippen LogP contribution in [0.4, 0.5) is 5.82 Å². The number of aromatic amines is 1.